The maximum atomic E-state index is 4.37. The Morgan fingerprint density at radius 2 is 2.39 bits per heavy atom. The van der Waals surface area contributed by atoms with Crippen LogP contribution in [-0.2, 0) is 0 Å². The van der Waals surface area contributed by atoms with Crippen LogP contribution < -0.4 is 10.2 Å². The molecule has 2 aromatic heterocycles. The molecule has 18 heavy (non-hydrogen) atoms. The average molecular weight is 246 g/mol. The molecule has 3 heterocycles. The quantitative estimate of drug-likeness (QED) is 0.842. The Hall–Kier alpha value is -1.69. The van der Waals surface area contributed by atoms with Crippen molar-refractivity contribution in [2.75, 3.05) is 25.0 Å². The van der Waals surface area contributed by atoms with Crippen LogP contribution in [0.3, 0.4) is 0 Å². The van der Waals surface area contributed by atoms with Crippen LogP contribution in [0.1, 0.15) is 18.5 Å². The van der Waals surface area contributed by atoms with Crippen LogP contribution in [0.2, 0.25) is 0 Å². The van der Waals surface area contributed by atoms with Crippen molar-refractivity contribution in [2.45, 2.75) is 25.8 Å². The normalized spacial score (nSPS) is 20.2. The third-order valence-electron chi connectivity index (χ3n) is 3.54. The van der Waals surface area contributed by atoms with Crippen molar-refractivity contribution in [3.63, 3.8) is 0 Å². The predicted octanol–water partition coefficient (Wildman–Crippen LogP) is 0.621. The third kappa shape index (κ3) is 1.92. The third-order valence-corrected chi connectivity index (χ3v) is 3.54. The molecule has 2 aromatic rings. The van der Waals surface area contributed by atoms with Gasteiger partial charge in [-0.2, -0.15) is 14.6 Å². The van der Waals surface area contributed by atoms with Crippen LogP contribution in [0, 0.1) is 6.92 Å². The second-order valence-electron chi connectivity index (χ2n) is 4.84. The van der Waals surface area contributed by atoms with Gasteiger partial charge in [-0.3, -0.25) is 0 Å². The van der Waals surface area contributed by atoms with Gasteiger partial charge in [0.2, 0.25) is 0 Å². The average Bonchev–Trinajstić information content (AvgIpc) is 2.86. The number of aromatic nitrogens is 4. The molecule has 0 bridgehead atoms. The van der Waals surface area contributed by atoms with Crippen molar-refractivity contribution < 1.29 is 0 Å². The molecular formula is C12H18N6. The summed E-state index contributed by atoms with van der Waals surface area (Å²) in [6.07, 6.45) is 3.98. The Balaban J connectivity index is 1.99. The van der Waals surface area contributed by atoms with E-state index in [2.05, 4.69) is 38.4 Å². The highest BCUT2D eigenvalue weighted by molar-refractivity contribution is 5.47. The fourth-order valence-electron chi connectivity index (χ4n) is 2.51. The van der Waals surface area contributed by atoms with Gasteiger partial charge in [0.05, 0.1) is 0 Å². The summed E-state index contributed by atoms with van der Waals surface area (Å²) in [5.74, 6) is 1.73. The summed E-state index contributed by atoms with van der Waals surface area (Å²) >= 11 is 0. The van der Waals surface area contributed by atoms with E-state index in [0.29, 0.717) is 11.8 Å². The van der Waals surface area contributed by atoms with Gasteiger partial charge < -0.3 is 10.2 Å². The lowest BCUT2D eigenvalue weighted by Crippen LogP contribution is -2.45. The lowest BCUT2D eigenvalue weighted by atomic mass is 10.1. The van der Waals surface area contributed by atoms with Crippen LogP contribution in [0.4, 0.5) is 5.82 Å². The molecule has 1 atom stereocenters. The van der Waals surface area contributed by atoms with Crippen molar-refractivity contribution in [1.29, 1.82) is 0 Å². The Kier molecular flexibility index (Phi) is 2.87. The lowest BCUT2D eigenvalue weighted by molar-refractivity contribution is 0.441. The summed E-state index contributed by atoms with van der Waals surface area (Å²) in [7, 11) is 2.12. The van der Waals surface area contributed by atoms with E-state index in [-0.39, 0.29) is 0 Å². The maximum absolute atomic E-state index is 4.37. The summed E-state index contributed by atoms with van der Waals surface area (Å²) in [5.41, 5.74) is 0.973. The second kappa shape index (κ2) is 4.53. The number of piperidine rings is 1. The number of hydrogen-bond donors (Lipinski definition) is 1. The van der Waals surface area contributed by atoms with Gasteiger partial charge >= 0.3 is 0 Å². The van der Waals surface area contributed by atoms with E-state index in [1.807, 2.05) is 11.4 Å². The van der Waals surface area contributed by atoms with E-state index >= 15 is 0 Å². The predicted molar refractivity (Wildman–Crippen MR) is 69.8 cm³/mol. The van der Waals surface area contributed by atoms with E-state index in [9.17, 15) is 0 Å². The molecule has 0 saturated carbocycles. The standard InChI is InChI=1S/C12H18N6/c1-9-6-11(18-12(16-9)14-8-15-18)17(2)10-4-3-5-13-7-10/h6,8,10,13H,3-5,7H2,1-2H3. The van der Waals surface area contributed by atoms with E-state index in [4.69, 9.17) is 0 Å². The van der Waals surface area contributed by atoms with Crippen LogP contribution >= 0.6 is 0 Å². The summed E-state index contributed by atoms with van der Waals surface area (Å²) in [6, 6.07) is 2.57. The van der Waals surface area contributed by atoms with E-state index in [1.54, 1.807) is 6.33 Å². The van der Waals surface area contributed by atoms with Crippen molar-refractivity contribution >= 4 is 11.6 Å². The Morgan fingerprint density at radius 1 is 1.50 bits per heavy atom. The molecular weight excluding hydrogens is 228 g/mol. The number of anilines is 1. The molecule has 1 unspecified atom stereocenters. The van der Waals surface area contributed by atoms with Crippen LogP contribution in [-0.4, -0.2) is 45.8 Å². The number of nitrogens with zero attached hydrogens (tertiary/aromatic N) is 5. The van der Waals surface area contributed by atoms with Gasteiger partial charge in [-0.1, -0.05) is 0 Å². The minimum absolute atomic E-state index is 0.507. The van der Waals surface area contributed by atoms with Crippen LogP contribution in [0.25, 0.3) is 5.78 Å². The number of fused-ring (bicyclic) bond motifs is 1. The first-order valence-corrected chi connectivity index (χ1v) is 6.36. The molecule has 1 aliphatic rings. The minimum atomic E-state index is 0.507. The Labute approximate surface area is 106 Å². The van der Waals surface area contributed by atoms with Crippen LogP contribution in [0.5, 0.6) is 0 Å². The zero-order valence-electron chi connectivity index (χ0n) is 10.8. The van der Waals surface area contributed by atoms with Gasteiger partial charge in [0.25, 0.3) is 5.78 Å². The van der Waals surface area contributed by atoms with Crippen molar-refractivity contribution in [2.24, 2.45) is 0 Å². The number of aryl methyl sites for hydroxylation is 1. The number of likely N-dealkylation sites (N-methyl/N-ethyl adjacent to an activating group) is 1. The van der Waals surface area contributed by atoms with Crippen molar-refractivity contribution in [3.8, 4) is 0 Å². The monoisotopic (exact) mass is 246 g/mol. The highest BCUT2D eigenvalue weighted by Crippen LogP contribution is 2.19. The van der Waals surface area contributed by atoms with Gasteiger partial charge in [-0.05, 0) is 26.3 Å². The fourth-order valence-corrected chi connectivity index (χ4v) is 2.51. The molecule has 6 nitrogen and oxygen atoms in total. The smallest absolute Gasteiger partial charge is 0.254 e. The summed E-state index contributed by atoms with van der Waals surface area (Å²) in [5, 5.41) is 7.70. The molecule has 1 fully saturated rings. The molecule has 1 saturated heterocycles. The highest BCUT2D eigenvalue weighted by Gasteiger charge is 2.20. The van der Waals surface area contributed by atoms with E-state index in [1.165, 1.54) is 12.8 Å². The molecule has 3 rings (SSSR count). The first-order valence-electron chi connectivity index (χ1n) is 6.36. The van der Waals surface area contributed by atoms with Crippen molar-refractivity contribution in [1.82, 2.24) is 24.9 Å². The molecule has 1 aliphatic heterocycles. The molecule has 0 radical (unpaired) electrons. The molecule has 0 amide bonds. The molecule has 6 heteroatoms. The molecule has 0 aliphatic carbocycles. The zero-order chi connectivity index (χ0) is 12.5. The highest BCUT2D eigenvalue weighted by atomic mass is 15.4. The van der Waals surface area contributed by atoms with Gasteiger partial charge in [0.1, 0.15) is 12.1 Å². The summed E-state index contributed by atoms with van der Waals surface area (Å²) in [6.45, 7) is 4.14. The first-order chi connectivity index (χ1) is 8.75. The summed E-state index contributed by atoms with van der Waals surface area (Å²) < 4.78 is 1.81. The lowest BCUT2D eigenvalue weighted by Gasteiger charge is -2.33. The topological polar surface area (TPSA) is 58.4 Å². The van der Waals surface area contributed by atoms with Gasteiger partial charge in [-0.25, -0.2) is 4.98 Å². The molecule has 96 valence electrons. The molecule has 1 N–H and O–H groups in total. The minimum Gasteiger partial charge on any atom is -0.355 e. The van der Waals surface area contributed by atoms with Crippen LogP contribution in [0.15, 0.2) is 12.4 Å². The number of hydrogen-bond acceptors (Lipinski definition) is 5. The fraction of sp³-hybridized carbons (Fsp3) is 0.583. The van der Waals surface area contributed by atoms with Gasteiger partial charge in [0.15, 0.2) is 0 Å². The second-order valence-corrected chi connectivity index (χ2v) is 4.84. The van der Waals surface area contributed by atoms with Crippen molar-refractivity contribution in [3.05, 3.63) is 18.1 Å². The maximum Gasteiger partial charge on any atom is 0.254 e. The Bertz CT molecular complexity index is 542. The number of nitrogens with one attached hydrogen (secondary N) is 1. The van der Waals surface area contributed by atoms with E-state index < -0.39 is 0 Å². The number of rotatable bonds is 2. The molecule has 0 aromatic carbocycles. The zero-order valence-corrected chi connectivity index (χ0v) is 10.8. The van der Waals surface area contributed by atoms with E-state index in [0.717, 1.165) is 24.6 Å². The largest absolute Gasteiger partial charge is 0.355 e. The van der Waals surface area contributed by atoms with Gasteiger partial charge in [-0.15, -0.1) is 0 Å². The Morgan fingerprint density at radius 3 is 3.17 bits per heavy atom. The SMILES string of the molecule is Cc1cc(N(C)C2CCCNC2)n2ncnc2n1. The first kappa shape index (κ1) is 11.4. The van der Waals surface area contributed by atoms with Gasteiger partial charge in [0, 0.05) is 31.4 Å². The molecule has 0 spiro atoms. The summed E-state index contributed by atoms with van der Waals surface area (Å²) in [4.78, 5) is 10.8.